The Bertz CT molecular complexity index is 1240. The van der Waals surface area contributed by atoms with Crippen molar-refractivity contribution in [2.75, 3.05) is 19.0 Å². The van der Waals surface area contributed by atoms with Crippen molar-refractivity contribution in [1.29, 1.82) is 0 Å². The smallest absolute Gasteiger partial charge is 0.290 e. The summed E-state index contributed by atoms with van der Waals surface area (Å²) in [6.45, 7) is 1.33. The van der Waals surface area contributed by atoms with Crippen molar-refractivity contribution in [2.24, 2.45) is 0 Å². The number of methoxy groups -OCH3 is 1. The molecule has 4 heterocycles. The molecule has 4 aromatic rings. The number of nitrogens with zero attached hydrogens (tertiary/aromatic N) is 3. The molecular formula is C21H19ClN4O3S2. The zero-order chi connectivity index (χ0) is 21.8. The molecule has 4 aromatic heterocycles. The number of halogens is 1. The normalized spacial score (nSPS) is 11.0. The molecule has 0 saturated carbocycles. The van der Waals surface area contributed by atoms with Crippen LogP contribution in [0.1, 0.15) is 14.5 Å². The number of ether oxygens (including phenoxy) is 1. The number of hydrogen-bond donors (Lipinski definition) is 1. The number of carbonyl (C=O) groups excluding carboxylic acids is 1. The molecule has 0 fully saturated rings. The van der Waals surface area contributed by atoms with Gasteiger partial charge in [0.1, 0.15) is 11.5 Å². The Morgan fingerprint density at radius 3 is 2.84 bits per heavy atom. The van der Waals surface area contributed by atoms with Gasteiger partial charge < -0.3 is 14.6 Å². The van der Waals surface area contributed by atoms with E-state index in [1.807, 2.05) is 23.6 Å². The molecule has 7 nitrogen and oxygen atoms in total. The fraction of sp³-hybridized carbons (Fsp3) is 0.190. The molecule has 0 aliphatic rings. The molecular weight excluding hydrogens is 456 g/mol. The van der Waals surface area contributed by atoms with E-state index in [1.165, 1.54) is 27.4 Å². The van der Waals surface area contributed by atoms with Crippen LogP contribution in [0.5, 0.6) is 0 Å². The zero-order valence-electron chi connectivity index (χ0n) is 16.6. The fourth-order valence-electron chi connectivity index (χ4n) is 3.02. The highest BCUT2D eigenvalue weighted by Gasteiger charge is 2.19. The Balaban J connectivity index is 1.71. The molecule has 0 bridgehead atoms. The first kappa shape index (κ1) is 21.5. The van der Waals surface area contributed by atoms with E-state index < -0.39 is 0 Å². The molecule has 0 aliphatic heterocycles. The summed E-state index contributed by atoms with van der Waals surface area (Å²) >= 11 is 8.82. The van der Waals surface area contributed by atoms with Crippen molar-refractivity contribution in [3.8, 4) is 11.3 Å². The molecule has 0 aromatic carbocycles. The average Bonchev–Trinajstić information content (AvgIpc) is 3.52. The third kappa shape index (κ3) is 4.80. The molecule has 0 saturated heterocycles. The second-order valence-electron chi connectivity index (χ2n) is 6.58. The molecule has 0 spiro atoms. The number of anilines is 1. The lowest BCUT2D eigenvalue weighted by atomic mass is 10.2. The van der Waals surface area contributed by atoms with Crippen molar-refractivity contribution in [1.82, 2.24) is 14.3 Å². The van der Waals surface area contributed by atoms with Crippen LogP contribution in [0.3, 0.4) is 0 Å². The number of thiophene rings is 2. The van der Waals surface area contributed by atoms with Crippen LogP contribution in [0.15, 0.2) is 58.8 Å². The predicted octanol–water partition coefficient (Wildman–Crippen LogP) is 4.44. The van der Waals surface area contributed by atoms with Crippen LogP contribution in [0.2, 0.25) is 4.34 Å². The van der Waals surface area contributed by atoms with Gasteiger partial charge in [-0.3, -0.25) is 9.59 Å². The predicted molar refractivity (Wildman–Crippen MR) is 125 cm³/mol. The Kier molecular flexibility index (Phi) is 6.67. The highest BCUT2D eigenvalue weighted by molar-refractivity contribution is 7.16. The number of carbonyl (C=O) groups is 1. The van der Waals surface area contributed by atoms with Gasteiger partial charge in [0.15, 0.2) is 0 Å². The average molecular weight is 475 g/mol. The minimum atomic E-state index is -0.261. The maximum absolute atomic E-state index is 13.0. The summed E-state index contributed by atoms with van der Waals surface area (Å²) in [5.41, 5.74) is 0.649. The number of nitrogens with one attached hydrogen (secondary N) is 1. The van der Waals surface area contributed by atoms with E-state index in [-0.39, 0.29) is 11.5 Å². The van der Waals surface area contributed by atoms with Gasteiger partial charge in [-0.05, 0) is 35.7 Å². The van der Waals surface area contributed by atoms with Crippen LogP contribution in [0.25, 0.3) is 11.3 Å². The van der Waals surface area contributed by atoms with E-state index in [0.717, 1.165) is 4.88 Å². The van der Waals surface area contributed by atoms with Crippen molar-refractivity contribution < 1.29 is 9.53 Å². The summed E-state index contributed by atoms with van der Waals surface area (Å²) < 4.78 is 8.65. The number of pyridine rings is 1. The third-order valence-corrected chi connectivity index (χ3v) is 6.63. The summed E-state index contributed by atoms with van der Waals surface area (Å²) in [6, 6.07) is 12.5. The van der Waals surface area contributed by atoms with Gasteiger partial charge >= 0.3 is 0 Å². The Labute approximate surface area is 191 Å². The van der Waals surface area contributed by atoms with Crippen molar-refractivity contribution in [2.45, 2.75) is 13.1 Å². The number of rotatable bonds is 8. The SMILES string of the molecule is COCCn1cccc(-c2cc(NCc3ccc(Cl)s3)n(C(=O)c3cccs3)n2)c1=O. The summed E-state index contributed by atoms with van der Waals surface area (Å²) in [4.78, 5) is 27.5. The van der Waals surface area contributed by atoms with Crippen LogP contribution in [-0.2, 0) is 17.8 Å². The molecule has 1 N–H and O–H groups in total. The molecule has 0 atom stereocenters. The van der Waals surface area contributed by atoms with Crippen LogP contribution in [0, 0.1) is 0 Å². The Morgan fingerprint density at radius 2 is 2.13 bits per heavy atom. The van der Waals surface area contributed by atoms with E-state index in [1.54, 1.807) is 42.1 Å². The largest absolute Gasteiger partial charge is 0.383 e. The van der Waals surface area contributed by atoms with Gasteiger partial charge in [-0.15, -0.1) is 22.7 Å². The molecule has 0 aliphatic carbocycles. The van der Waals surface area contributed by atoms with E-state index in [2.05, 4.69) is 10.4 Å². The summed E-state index contributed by atoms with van der Waals surface area (Å²) in [5.74, 6) is 0.244. The standard InChI is InChI=1S/C21H19ClN4O3S2/c1-29-10-9-25-8-2-4-15(20(25)27)16-12-19(23-13-14-6-7-18(22)31-14)26(24-16)21(28)17-5-3-11-30-17/h2-8,11-12,23H,9-10,13H2,1H3. The first-order valence-corrected chi connectivity index (χ1v) is 11.5. The van der Waals surface area contributed by atoms with Crippen molar-refractivity contribution in [3.63, 3.8) is 0 Å². The fourth-order valence-corrected chi connectivity index (χ4v) is 4.70. The van der Waals surface area contributed by atoms with Gasteiger partial charge in [-0.2, -0.15) is 9.78 Å². The monoisotopic (exact) mass is 474 g/mol. The van der Waals surface area contributed by atoms with Gasteiger partial charge in [-0.1, -0.05) is 17.7 Å². The maximum Gasteiger partial charge on any atom is 0.290 e. The lowest BCUT2D eigenvalue weighted by molar-refractivity contribution is 0.0952. The maximum atomic E-state index is 13.0. The first-order valence-electron chi connectivity index (χ1n) is 9.42. The Morgan fingerprint density at radius 1 is 1.26 bits per heavy atom. The van der Waals surface area contributed by atoms with E-state index in [9.17, 15) is 9.59 Å². The summed E-state index contributed by atoms with van der Waals surface area (Å²) in [7, 11) is 1.59. The lowest BCUT2D eigenvalue weighted by Gasteiger charge is -2.06. The van der Waals surface area contributed by atoms with Gasteiger partial charge in [0.2, 0.25) is 0 Å². The summed E-state index contributed by atoms with van der Waals surface area (Å²) in [5, 5.41) is 9.57. The highest BCUT2D eigenvalue weighted by atomic mass is 35.5. The van der Waals surface area contributed by atoms with Crippen molar-refractivity contribution >= 4 is 46.0 Å². The topological polar surface area (TPSA) is 78.2 Å². The molecule has 0 amide bonds. The van der Waals surface area contributed by atoms with Crippen molar-refractivity contribution in [3.05, 3.63) is 78.5 Å². The summed E-state index contributed by atoms with van der Waals surface area (Å²) in [6.07, 6.45) is 1.71. The van der Waals surface area contributed by atoms with E-state index in [4.69, 9.17) is 16.3 Å². The molecule has 0 unspecified atom stereocenters. The Hall–Kier alpha value is -2.72. The molecule has 4 rings (SSSR count). The quantitative estimate of drug-likeness (QED) is 0.408. The van der Waals surface area contributed by atoms with Gasteiger partial charge in [0, 0.05) is 30.8 Å². The number of hydrogen-bond acceptors (Lipinski definition) is 7. The lowest BCUT2D eigenvalue weighted by Crippen LogP contribution is -2.23. The minimum absolute atomic E-state index is 0.190. The molecule has 0 radical (unpaired) electrons. The van der Waals surface area contributed by atoms with E-state index in [0.29, 0.717) is 46.0 Å². The third-order valence-electron chi connectivity index (χ3n) is 4.54. The van der Waals surface area contributed by atoms with Gasteiger partial charge in [0.05, 0.1) is 27.9 Å². The van der Waals surface area contributed by atoms with Crippen LogP contribution < -0.4 is 10.9 Å². The van der Waals surface area contributed by atoms with Crippen LogP contribution in [-0.4, -0.2) is 34.0 Å². The number of aromatic nitrogens is 3. The van der Waals surface area contributed by atoms with E-state index >= 15 is 0 Å². The molecule has 31 heavy (non-hydrogen) atoms. The van der Waals surface area contributed by atoms with Gasteiger partial charge in [0.25, 0.3) is 11.5 Å². The molecule has 160 valence electrons. The molecule has 10 heteroatoms. The van der Waals surface area contributed by atoms with Gasteiger partial charge in [-0.25, -0.2) is 0 Å². The van der Waals surface area contributed by atoms with Crippen LogP contribution >= 0.6 is 34.3 Å². The highest BCUT2D eigenvalue weighted by Crippen LogP contribution is 2.25. The van der Waals surface area contributed by atoms with Crippen LogP contribution in [0.4, 0.5) is 5.82 Å². The second kappa shape index (κ2) is 9.61. The zero-order valence-corrected chi connectivity index (χ0v) is 19.0. The minimum Gasteiger partial charge on any atom is -0.383 e. The second-order valence-corrected chi connectivity index (χ2v) is 9.33. The first-order chi connectivity index (χ1) is 15.1.